The predicted octanol–water partition coefficient (Wildman–Crippen LogP) is 3.61. The van der Waals surface area contributed by atoms with E-state index < -0.39 is 5.91 Å². The van der Waals surface area contributed by atoms with Gasteiger partial charge in [-0.1, -0.05) is 41.9 Å². The molecule has 2 N–H and O–H groups in total. The Hall–Kier alpha value is -2.44. The summed E-state index contributed by atoms with van der Waals surface area (Å²) in [4.78, 5) is 23.5. The minimum atomic E-state index is -0.432. The minimum absolute atomic E-state index is 0.182. The van der Waals surface area contributed by atoms with Gasteiger partial charge < -0.3 is 5.32 Å². The zero-order valence-corrected chi connectivity index (χ0v) is 15.4. The summed E-state index contributed by atoms with van der Waals surface area (Å²) in [5, 5.41) is 6.86. The van der Waals surface area contributed by atoms with E-state index in [4.69, 9.17) is 11.6 Å². The molecule has 0 saturated heterocycles. The van der Waals surface area contributed by atoms with E-state index in [0.717, 1.165) is 5.56 Å². The molecule has 0 saturated carbocycles. The van der Waals surface area contributed by atoms with Crippen LogP contribution in [0.15, 0.2) is 64.2 Å². The monoisotopic (exact) mass is 419 g/mol. The minimum Gasteiger partial charge on any atom is -0.343 e. The Kier molecular flexibility index (Phi) is 7.37. The van der Waals surface area contributed by atoms with Gasteiger partial charge in [0, 0.05) is 15.1 Å². The van der Waals surface area contributed by atoms with Gasteiger partial charge in [-0.2, -0.15) is 5.10 Å². The molecular formula is C18H15BrClN3O2. The highest BCUT2D eigenvalue weighted by Crippen LogP contribution is 2.10. The van der Waals surface area contributed by atoms with Crippen LogP contribution in [0.2, 0.25) is 5.02 Å². The second-order valence-corrected chi connectivity index (χ2v) is 6.27. The topological polar surface area (TPSA) is 70.6 Å². The molecule has 0 fully saturated rings. The number of nitrogens with one attached hydrogen (secondary N) is 2. The average molecular weight is 421 g/mol. The highest BCUT2D eigenvalue weighted by molar-refractivity contribution is 9.12. The molecule has 0 radical (unpaired) electrons. The van der Waals surface area contributed by atoms with Gasteiger partial charge >= 0.3 is 0 Å². The van der Waals surface area contributed by atoms with Crippen LogP contribution in [0.1, 0.15) is 15.9 Å². The number of carbonyl (C=O) groups is 2. The Morgan fingerprint density at radius 3 is 2.44 bits per heavy atom. The van der Waals surface area contributed by atoms with E-state index in [1.165, 1.54) is 6.21 Å². The second kappa shape index (κ2) is 9.76. The van der Waals surface area contributed by atoms with E-state index >= 15 is 0 Å². The maximum Gasteiger partial charge on any atom is 0.259 e. The number of allylic oxidation sites excluding steroid dienone is 1. The van der Waals surface area contributed by atoms with Gasteiger partial charge in [0.2, 0.25) is 0 Å². The molecule has 0 atom stereocenters. The van der Waals surface area contributed by atoms with Gasteiger partial charge in [-0.3, -0.25) is 9.59 Å². The Balaban J connectivity index is 1.77. The number of hydrogen-bond acceptors (Lipinski definition) is 3. The fraction of sp³-hybridized carbons (Fsp3) is 0.0556. The number of amides is 2. The summed E-state index contributed by atoms with van der Waals surface area (Å²) in [6, 6.07) is 16.0. The first-order valence-electron chi connectivity index (χ1n) is 7.32. The van der Waals surface area contributed by atoms with Crippen LogP contribution in [0.4, 0.5) is 0 Å². The molecule has 25 heavy (non-hydrogen) atoms. The first-order chi connectivity index (χ1) is 12.0. The molecule has 0 unspecified atom stereocenters. The van der Waals surface area contributed by atoms with Crippen molar-refractivity contribution in [3.63, 3.8) is 0 Å². The molecule has 7 heteroatoms. The molecule has 0 aliphatic heterocycles. The molecule has 128 valence electrons. The molecule has 0 heterocycles. The summed E-state index contributed by atoms with van der Waals surface area (Å²) in [6.07, 6.45) is 3.32. The average Bonchev–Trinajstić information content (AvgIpc) is 2.61. The lowest BCUT2D eigenvalue weighted by Gasteiger charge is -2.04. The number of carbonyl (C=O) groups excluding carboxylic acids is 2. The standard InChI is InChI=1S/C18H15BrClN3O2/c19-15(10-13-4-2-1-3-5-13)11-22-23-17(24)12-21-18(25)14-6-8-16(20)9-7-14/h1-11H,12H2,(H,21,25)(H,23,24). The van der Waals surface area contributed by atoms with Crippen LogP contribution in [0, 0.1) is 0 Å². The third kappa shape index (κ3) is 6.91. The molecule has 2 rings (SSSR count). The summed E-state index contributed by atoms with van der Waals surface area (Å²) >= 11 is 9.10. The first-order valence-corrected chi connectivity index (χ1v) is 8.49. The number of benzene rings is 2. The quantitative estimate of drug-likeness (QED) is 0.553. The van der Waals surface area contributed by atoms with Crippen LogP contribution in [0.3, 0.4) is 0 Å². The summed E-state index contributed by atoms with van der Waals surface area (Å²) < 4.78 is 0.698. The number of nitrogens with zero attached hydrogens (tertiary/aromatic N) is 1. The van der Waals surface area contributed by atoms with Crippen molar-refractivity contribution >= 4 is 51.6 Å². The van der Waals surface area contributed by atoms with Gasteiger partial charge in [0.1, 0.15) is 0 Å². The summed E-state index contributed by atoms with van der Waals surface area (Å²) in [5.74, 6) is -0.792. The number of hydrazone groups is 1. The number of halogens is 2. The number of rotatable bonds is 6. The van der Waals surface area contributed by atoms with Gasteiger partial charge in [0.25, 0.3) is 11.8 Å². The smallest absolute Gasteiger partial charge is 0.259 e. The second-order valence-electron chi connectivity index (χ2n) is 4.92. The van der Waals surface area contributed by atoms with Crippen LogP contribution in [0.25, 0.3) is 6.08 Å². The normalized spacial score (nSPS) is 11.4. The van der Waals surface area contributed by atoms with Crippen LogP contribution in [-0.2, 0) is 4.79 Å². The van der Waals surface area contributed by atoms with Gasteiger partial charge in [-0.15, -0.1) is 0 Å². The summed E-state index contributed by atoms with van der Waals surface area (Å²) in [7, 11) is 0. The molecule has 0 aromatic heterocycles. The zero-order valence-electron chi connectivity index (χ0n) is 13.1. The van der Waals surface area contributed by atoms with Crippen LogP contribution < -0.4 is 10.7 Å². The third-order valence-corrected chi connectivity index (χ3v) is 3.68. The molecule has 2 amide bonds. The van der Waals surface area contributed by atoms with E-state index in [1.807, 2.05) is 36.4 Å². The molecule has 2 aromatic carbocycles. The zero-order chi connectivity index (χ0) is 18.1. The molecule has 0 bridgehead atoms. The lowest BCUT2D eigenvalue weighted by molar-refractivity contribution is -0.120. The maximum absolute atomic E-state index is 11.9. The highest BCUT2D eigenvalue weighted by atomic mass is 79.9. The van der Waals surface area contributed by atoms with Crippen molar-refractivity contribution < 1.29 is 9.59 Å². The van der Waals surface area contributed by atoms with Crippen molar-refractivity contribution in [2.45, 2.75) is 0 Å². The molecule has 0 spiro atoms. The molecule has 2 aromatic rings. The Morgan fingerprint density at radius 1 is 1.08 bits per heavy atom. The molecule has 0 aliphatic carbocycles. The van der Waals surface area contributed by atoms with Gasteiger partial charge in [-0.25, -0.2) is 5.43 Å². The van der Waals surface area contributed by atoms with Gasteiger partial charge in [0.15, 0.2) is 0 Å². The summed E-state index contributed by atoms with van der Waals surface area (Å²) in [5.41, 5.74) is 3.77. The fourth-order valence-electron chi connectivity index (χ4n) is 1.82. The van der Waals surface area contributed by atoms with E-state index in [0.29, 0.717) is 15.1 Å². The van der Waals surface area contributed by atoms with Crippen LogP contribution in [-0.4, -0.2) is 24.6 Å². The Bertz CT molecular complexity index is 790. The van der Waals surface area contributed by atoms with Crippen molar-refractivity contribution in [1.29, 1.82) is 0 Å². The van der Waals surface area contributed by atoms with Crippen molar-refractivity contribution in [3.05, 3.63) is 75.2 Å². The SMILES string of the molecule is O=C(CNC(=O)c1ccc(Cl)cc1)NN=CC(Br)=Cc1ccccc1. The van der Waals surface area contributed by atoms with Crippen LogP contribution >= 0.6 is 27.5 Å². The third-order valence-electron chi connectivity index (χ3n) is 3.00. The lowest BCUT2D eigenvalue weighted by Crippen LogP contribution is -2.34. The molecule has 0 aliphatic rings. The van der Waals surface area contributed by atoms with E-state index in [1.54, 1.807) is 24.3 Å². The van der Waals surface area contributed by atoms with Gasteiger partial charge in [0.05, 0.1) is 12.8 Å². The van der Waals surface area contributed by atoms with Crippen molar-refractivity contribution in [2.75, 3.05) is 6.54 Å². The predicted molar refractivity (Wildman–Crippen MR) is 104 cm³/mol. The Labute approximate surface area is 158 Å². The lowest BCUT2D eigenvalue weighted by atomic mass is 10.2. The van der Waals surface area contributed by atoms with Crippen LogP contribution in [0.5, 0.6) is 0 Å². The largest absolute Gasteiger partial charge is 0.343 e. The van der Waals surface area contributed by atoms with E-state index in [2.05, 4.69) is 31.8 Å². The maximum atomic E-state index is 11.9. The highest BCUT2D eigenvalue weighted by Gasteiger charge is 2.07. The molecular weight excluding hydrogens is 406 g/mol. The van der Waals surface area contributed by atoms with Crippen molar-refractivity contribution in [2.24, 2.45) is 5.10 Å². The van der Waals surface area contributed by atoms with Crippen molar-refractivity contribution in [3.8, 4) is 0 Å². The van der Waals surface area contributed by atoms with E-state index in [9.17, 15) is 9.59 Å². The van der Waals surface area contributed by atoms with Gasteiger partial charge in [-0.05, 0) is 51.8 Å². The summed E-state index contributed by atoms with van der Waals surface area (Å²) in [6.45, 7) is -0.182. The molecule has 5 nitrogen and oxygen atoms in total. The Morgan fingerprint density at radius 2 is 1.76 bits per heavy atom. The fourth-order valence-corrected chi connectivity index (χ4v) is 2.31. The van der Waals surface area contributed by atoms with E-state index in [-0.39, 0.29) is 12.5 Å². The first kappa shape index (κ1) is 18.9. The number of hydrogen-bond donors (Lipinski definition) is 2. The van der Waals surface area contributed by atoms with Crippen molar-refractivity contribution in [1.82, 2.24) is 10.7 Å².